The van der Waals surface area contributed by atoms with Crippen LogP contribution in [0.5, 0.6) is 0 Å². The van der Waals surface area contributed by atoms with E-state index in [9.17, 15) is 4.79 Å². The summed E-state index contributed by atoms with van der Waals surface area (Å²) in [6.45, 7) is 4.03. The summed E-state index contributed by atoms with van der Waals surface area (Å²) in [4.78, 5) is 13.4. The molecule has 0 aromatic rings. The fraction of sp³-hybridized carbons (Fsp3) is 0.917. The minimum absolute atomic E-state index is 0.106. The highest BCUT2D eigenvalue weighted by Crippen LogP contribution is 2.29. The van der Waals surface area contributed by atoms with Crippen molar-refractivity contribution in [2.24, 2.45) is 5.41 Å². The number of hydrogen-bond acceptors (Lipinski definition) is 5. The molecule has 1 aliphatic heterocycles. The predicted molar refractivity (Wildman–Crippen MR) is 64.0 cm³/mol. The average Bonchev–Trinajstić information content (AvgIpc) is 2.37. The molecular formula is C12H23NO4. The average molecular weight is 245 g/mol. The quantitative estimate of drug-likeness (QED) is 0.606. The monoisotopic (exact) mass is 245 g/mol. The van der Waals surface area contributed by atoms with E-state index in [1.807, 2.05) is 0 Å². The van der Waals surface area contributed by atoms with Gasteiger partial charge in [0.1, 0.15) is 6.29 Å². The Balaban J connectivity index is 2.51. The first-order valence-corrected chi connectivity index (χ1v) is 6.12. The SMILES string of the molecule is COCCN(CCO)CC1(C=O)CCOCC1. The molecule has 1 N–H and O–H groups in total. The molecule has 5 nitrogen and oxygen atoms in total. The van der Waals surface area contributed by atoms with E-state index in [-0.39, 0.29) is 12.0 Å². The van der Waals surface area contributed by atoms with Gasteiger partial charge in [0.25, 0.3) is 0 Å². The van der Waals surface area contributed by atoms with Crippen molar-refractivity contribution in [3.8, 4) is 0 Å². The predicted octanol–water partition coefficient (Wildman–Crippen LogP) is -0.0772. The van der Waals surface area contributed by atoms with Crippen molar-refractivity contribution >= 4 is 6.29 Å². The molecule has 0 aliphatic carbocycles. The van der Waals surface area contributed by atoms with Crippen LogP contribution >= 0.6 is 0 Å². The second kappa shape index (κ2) is 7.76. The van der Waals surface area contributed by atoms with Crippen LogP contribution in [0.2, 0.25) is 0 Å². The maximum atomic E-state index is 11.3. The fourth-order valence-electron chi connectivity index (χ4n) is 2.17. The second-order valence-electron chi connectivity index (χ2n) is 4.59. The number of carbonyl (C=O) groups excluding carboxylic acids is 1. The van der Waals surface area contributed by atoms with Crippen molar-refractivity contribution in [1.82, 2.24) is 4.90 Å². The van der Waals surface area contributed by atoms with Gasteiger partial charge in [0.15, 0.2) is 0 Å². The molecule has 17 heavy (non-hydrogen) atoms. The smallest absolute Gasteiger partial charge is 0.127 e. The minimum atomic E-state index is -0.304. The van der Waals surface area contributed by atoms with Crippen LogP contribution < -0.4 is 0 Å². The summed E-state index contributed by atoms with van der Waals surface area (Å²) >= 11 is 0. The lowest BCUT2D eigenvalue weighted by molar-refractivity contribution is -0.123. The second-order valence-corrected chi connectivity index (χ2v) is 4.59. The lowest BCUT2D eigenvalue weighted by Gasteiger charge is -2.36. The summed E-state index contributed by atoms with van der Waals surface area (Å²) < 4.78 is 10.3. The van der Waals surface area contributed by atoms with Gasteiger partial charge in [-0.1, -0.05) is 0 Å². The van der Waals surface area contributed by atoms with Gasteiger partial charge in [0, 0.05) is 45.4 Å². The molecule has 1 aliphatic rings. The van der Waals surface area contributed by atoms with Crippen molar-refractivity contribution in [1.29, 1.82) is 0 Å². The first-order valence-electron chi connectivity index (χ1n) is 6.12. The minimum Gasteiger partial charge on any atom is -0.395 e. The molecule has 1 rings (SSSR count). The molecule has 0 atom stereocenters. The largest absolute Gasteiger partial charge is 0.395 e. The van der Waals surface area contributed by atoms with Crippen LogP contribution in [0.3, 0.4) is 0 Å². The number of hydrogen-bond donors (Lipinski definition) is 1. The summed E-state index contributed by atoms with van der Waals surface area (Å²) in [6, 6.07) is 0. The van der Waals surface area contributed by atoms with Crippen molar-refractivity contribution < 1.29 is 19.4 Å². The van der Waals surface area contributed by atoms with Gasteiger partial charge in [0.2, 0.25) is 0 Å². The Labute approximate surface area is 103 Å². The molecule has 0 bridgehead atoms. The molecule has 5 heteroatoms. The number of carbonyl (C=O) groups is 1. The van der Waals surface area contributed by atoms with Crippen molar-refractivity contribution in [2.45, 2.75) is 12.8 Å². The Morgan fingerprint density at radius 3 is 2.65 bits per heavy atom. The van der Waals surface area contributed by atoms with E-state index in [1.54, 1.807) is 7.11 Å². The topological polar surface area (TPSA) is 59.0 Å². The first-order chi connectivity index (χ1) is 8.26. The number of aliphatic hydroxyl groups is 1. The van der Waals surface area contributed by atoms with E-state index >= 15 is 0 Å². The molecule has 0 aromatic heterocycles. The zero-order chi connectivity index (χ0) is 12.6. The van der Waals surface area contributed by atoms with Gasteiger partial charge < -0.3 is 19.4 Å². The maximum Gasteiger partial charge on any atom is 0.127 e. The summed E-state index contributed by atoms with van der Waals surface area (Å²) in [5.74, 6) is 0. The van der Waals surface area contributed by atoms with Gasteiger partial charge in [-0.3, -0.25) is 4.90 Å². The van der Waals surface area contributed by atoms with Crippen LogP contribution in [0.1, 0.15) is 12.8 Å². The molecule has 0 amide bonds. The number of ether oxygens (including phenoxy) is 2. The molecule has 1 fully saturated rings. The summed E-state index contributed by atoms with van der Waals surface area (Å²) in [5, 5.41) is 9.03. The molecule has 0 radical (unpaired) electrons. The van der Waals surface area contributed by atoms with E-state index in [0.29, 0.717) is 32.9 Å². The third-order valence-electron chi connectivity index (χ3n) is 3.30. The van der Waals surface area contributed by atoms with Gasteiger partial charge >= 0.3 is 0 Å². The molecule has 0 spiro atoms. The zero-order valence-corrected chi connectivity index (χ0v) is 10.6. The van der Waals surface area contributed by atoms with Crippen LogP contribution in [0.4, 0.5) is 0 Å². The highest BCUT2D eigenvalue weighted by molar-refractivity contribution is 5.60. The van der Waals surface area contributed by atoms with E-state index in [1.165, 1.54) is 0 Å². The fourth-order valence-corrected chi connectivity index (χ4v) is 2.17. The van der Waals surface area contributed by atoms with Gasteiger partial charge in [-0.05, 0) is 12.8 Å². The highest BCUT2D eigenvalue weighted by Gasteiger charge is 2.33. The summed E-state index contributed by atoms with van der Waals surface area (Å²) in [5.41, 5.74) is -0.304. The van der Waals surface area contributed by atoms with Gasteiger partial charge in [-0.15, -0.1) is 0 Å². The third kappa shape index (κ3) is 4.71. The van der Waals surface area contributed by atoms with E-state index in [0.717, 1.165) is 25.7 Å². The number of rotatable bonds is 8. The lowest BCUT2D eigenvalue weighted by atomic mass is 9.81. The van der Waals surface area contributed by atoms with Crippen LogP contribution in [-0.2, 0) is 14.3 Å². The Morgan fingerprint density at radius 2 is 2.12 bits per heavy atom. The summed E-state index contributed by atoms with van der Waals surface area (Å²) in [6.07, 6.45) is 2.60. The number of aliphatic hydroxyl groups excluding tert-OH is 1. The maximum absolute atomic E-state index is 11.3. The van der Waals surface area contributed by atoms with E-state index in [2.05, 4.69) is 4.90 Å². The normalized spacial score (nSPS) is 19.5. The van der Waals surface area contributed by atoms with Crippen molar-refractivity contribution in [3.05, 3.63) is 0 Å². The molecule has 100 valence electrons. The summed E-state index contributed by atoms with van der Waals surface area (Å²) in [7, 11) is 1.65. The molecule has 1 heterocycles. The number of methoxy groups -OCH3 is 1. The molecule has 0 saturated carbocycles. The van der Waals surface area contributed by atoms with Gasteiger partial charge in [-0.25, -0.2) is 0 Å². The van der Waals surface area contributed by atoms with Crippen LogP contribution in [-0.4, -0.2) is 69.5 Å². The number of nitrogens with zero attached hydrogens (tertiary/aromatic N) is 1. The number of aldehydes is 1. The molecule has 1 saturated heterocycles. The van der Waals surface area contributed by atoms with E-state index in [4.69, 9.17) is 14.6 Å². The molecular weight excluding hydrogens is 222 g/mol. The Morgan fingerprint density at radius 1 is 1.41 bits per heavy atom. The lowest BCUT2D eigenvalue weighted by Crippen LogP contribution is -2.44. The Kier molecular flexibility index (Phi) is 6.65. The van der Waals surface area contributed by atoms with Gasteiger partial charge in [-0.2, -0.15) is 0 Å². The van der Waals surface area contributed by atoms with Crippen molar-refractivity contribution in [2.75, 3.05) is 53.2 Å². The van der Waals surface area contributed by atoms with Crippen molar-refractivity contribution in [3.63, 3.8) is 0 Å². The van der Waals surface area contributed by atoms with Crippen LogP contribution in [0.25, 0.3) is 0 Å². The molecule has 0 unspecified atom stereocenters. The standard InChI is InChI=1S/C12H23NO4/c1-16-9-5-13(4-6-14)10-12(11-15)2-7-17-8-3-12/h11,14H,2-10H2,1H3. The zero-order valence-electron chi connectivity index (χ0n) is 10.6. The highest BCUT2D eigenvalue weighted by atomic mass is 16.5. The third-order valence-corrected chi connectivity index (χ3v) is 3.30. The Hall–Kier alpha value is -0.490. The Bertz CT molecular complexity index is 217. The van der Waals surface area contributed by atoms with Crippen LogP contribution in [0, 0.1) is 5.41 Å². The van der Waals surface area contributed by atoms with Gasteiger partial charge in [0.05, 0.1) is 13.2 Å². The van der Waals surface area contributed by atoms with Crippen LogP contribution in [0.15, 0.2) is 0 Å². The first kappa shape index (κ1) is 14.6. The van der Waals surface area contributed by atoms with E-state index < -0.39 is 0 Å². The molecule has 0 aromatic carbocycles.